The van der Waals surface area contributed by atoms with Crippen LogP contribution >= 0.6 is 11.6 Å². The highest BCUT2D eigenvalue weighted by atomic mass is 35.5. The van der Waals surface area contributed by atoms with Crippen LogP contribution in [-0.4, -0.2) is 57.8 Å². The van der Waals surface area contributed by atoms with E-state index in [4.69, 9.17) is 25.8 Å². The summed E-state index contributed by atoms with van der Waals surface area (Å²) in [5, 5.41) is 13.5. The summed E-state index contributed by atoms with van der Waals surface area (Å²) in [5.41, 5.74) is 0. The van der Waals surface area contributed by atoms with Gasteiger partial charge in [-0.05, 0) is 18.2 Å². The average Bonchev–Trinajstić information content (AvgIpc) is 2.44. The van der Waals surface area contributed by atoms with Crippen LogP contribution in [0.1, 0.15) is 0 Å². The summed E-state index contributed by atoms with van der Waals surface area (Å²) in [7, 11) is 3.25. The number of aliphatic hydroxyl groups is 1. The minimum absolute atomic E-state index is 0.0268. The highest BCUT2D eigenvalue weighted by molar-refractivity contribution is 6.30. The molecule has 0 aromatic heterocycles. The highest BCUT2D eigenvalue weighted by Gasteiger charge is 2.09. The van der Waals surface area contributed by atoms with Crippen molar-refractivity contribution in [3.05, 3.63) is 29.3 Å². The van der Waals surface area contributed by atoms with Crippen LogP contribution in [0.4, 0.5) is 0 Å². The lowest BCUT2D eigenvalue weighted by molar-refractivity contribution is 0.0257. The molecule has 2 unspecified atom stereocenters. The molecule has 114 valence electrons. The van der Waals surface area contributed by atoms with Crippen molar-refractivity contribution >= 4 is 11.6 Å². The summed E-state index contributed by atoms with van der Waals surface area (Å²) in [5.74, 6) is 0.644. The van der Waals surface area contributed by atoms with E-state index >= 15 is 0 Å². The fourth-order valence-electron chi connectivity index (χ4n) is 1.62. The molecule has 0 fully saturated rings. The van der Waals surface area contributed by atoms with Gasteiger partial charge in [-0.15, -0.1) is 0 Å². The van der Waals surface area contributed by atoms with Gasteiger partial charge in [0.25, 0.3) is 0 Å². The molecular weight excluding hydrogens is 282 g/mol. The maximum absolute atomic E-state index is 9.80. The summed E-state index contributed by atoms with van der Waals surface area (Å²) in [6.07, 6.45) is -0.630. The van der Waals surface area contributed by atoms with Gasteiger partial charge in [0.2, 0.25) is 0 Å². The van der Waals surface area contributed by atoms with Crippen LogP contribution in [-0.2, 0) is 9.47 Å². The number of hydrogen-bond donors (Lipinski definition) is 2. The Labute approximate surface area is 124 Å². The van der Waals surface area contributed by atoms with E-state index in [1.807, 2.05) is 0 Å². The van der Waals surface area contributed by atoms with Crippen molar-refractivity contribution < 1.29 is 19.3 Å². The van der Waals surface area contributed by atoms with Gasteiger partial charge in [0.05, 0.1) is 12.7 Å². The van der Waals surface area contributed by atoms with Crippen molar-refractivity contribution in [3.8, 4) is 5.75 Å². The number of benzene rings is 1. The van der Waals surface area contributed by atoms with Gasteiger partial charge in [-0.25, -0.2) is 0 Å². The first-order chi connectivity index (χ1) is 9.65. The quantitative estimate of drug-likeness (QED) is 0.683. The molecule has 20 heavy (non-hydrogen) atoms. The first kappa shape index (κ1) is 17.2. The third-order valence-electron chi connectivity index (χ3n) is 2.68. The molecule has 6 heteroatoms. The maximum Gasteiger partial charge on any atom is 0.120 e. The molecule has 0 saturated carbocycles. The topological polar surface area (TPSA) is 60.0 Å². The molecule has 0 spiro atoms. The molecule has 0 radical (unpaired) electrons. The molecule has 0 bridgehead atoms. The molecule has 5 nitrogen and oxygen atoms in total. The molecule has 2 N–H and O–H groups in total. The van der Waals surface area contributed by atoms with E-state index in [1.165, 1.54) is 0 Å². The maximum atomic E-state index is 9.80. The second kappa shape index (κ2) is 9.96. The second-order valence-corrected chi connectivity index (χ2v) is 4.83. The zero-order valence-corrected chi connectivity index (χ0v) is 12.6. The van der Waals surface area contributed by atoms with Crippen LogP contribution in [0.2, 0.25) is 5.02 Å². The van der Waals surface area contributed by atoms with Crippen LogP contribution in [0, 0.1) is 0 Å². The molecule has 0 amide bonds. The number of nitrogens with one attached hydrogen (secondary N) is 1. The van der Waals surface area contributed by atoms with Gasteiger partial charge in [0.1, 0.15) is 18.5 Å². The van der Waals surface area contributed by atoms with Crippen molar-refractivity contribution in [1.82, 2.24) is 5.32 Å². The number of aliphatic hydroxyl groups excluding tert-OH is 1. The smallest absolute Gasteiger partial charge is 0.120 e. The predicted octanol–water partition coefficient (Wildman–Crippen LogP) is 1.33. The monoisotopic (exact) mass is 303 g/mol. The molecular formula is C14H22ClNO4. The lowest BCUT2D eigenvalue weighted by atomic mass is 10.3. The Morgan fingerprint density at radius 1 is 1.25 bits per heavy atom. The summed E-state index contributed by atoms with van der Waals surface area (Å²) in [4.78, 5) is 0. The molecule has 0 aliphatic carbocycles. The SMILES string of the molecule is COCC(CNCC(O)COc1cccc(Cl)c1)OC. The van der Waals surface area contributed by atoms with Gasteiger partial charge in [-0.3, -0.25) is 0 Å². The number of halogens is 1. The lowest BCUT2D eigenvalue weighted by Crippen LogP contribution is -2.38. The van der Waals surface area contributed by atoms with Gasteiger partial charge >= 0.3 is 0 Å². The fraction of sp³-hybridized carbons (Fsp3) is 0.571. The standard InChI is InChI=1S/C14H22ClNO4/c1-18-10-14(19-2)8-16-7-12(17)9-20-13-5-3-4-11(15)6-13/h3-6,12,14,16-17H,7-10H2,1-2H3. The van der Waals surface area contributed by atoms with E-state index in [-0.39, 0.29) is 12.7 Å². The zero-order chi connectivity index (χ0) is 14.8. The summed E-state index contributed by atoms with van der Waals surface area (Å²) < 4.78 is 15.7. The van der Waals surface area contributed by atoms with E-state index in [2.05, 4.69) is 5.32 Å². The van der Waals surface area contributed by atoms with Gasteiger partial charge in [-0.2, -0.15) is 0 Å². The Morgan fingerprint density at radius 2 is 2.05 bits per heavy atom. The number of ether oxygens (including phenoxy) is 3. The third kappa shape index (κ3) is 7.07. The van der Waals surface area contributed by atoms with Crippen molar-refractivity contribution in [2.24, 2.45) is 0 Å². The molecule has 1 rings (SSSR count). The van der Waals surface area contributed by atoms with Crippen LogP contribution in [0.5, 0.6) is 5.75 Å². The number of hydrogen-bond acceptors (Lipinski definition) is 5. The Balaban J connectivity index is 2.18. The second-order valence-electron chi connectivity index (χ2n) is 4.39. The van der Waals surface area contributed by atoms with Crippen molar-refractivity contribution in [2.45, 2.75) is 12.2 Å². The summed E-state index contributed by atoms with van der Waals surface area (Å²) in [6, 6.07) is 7.08. The Bertz CT molecular complexity index is 378. The Hall–Kier alpha value is -0.850. The Morgan fingerprint density at radius 3 is 2.70 bits per heavy atom. The zero-order valence-electron chi connectivity index (χ0n) is 11.8. The van der Waals surface area contributed by atoms with Gasteiger partial charge in [-0.1, -0.05) is 17.7 Å². The van der Waals surface area contributed by atoms with E-state index in [1.54, 1.807) is 38.5 Å². The normalized spacial score (nSPS) is 14.0. The molecule has 1 aromatic carbocycles. The Kier molecular flexibility index (Phi) is 8.57. The van der Waals surface area contributed by atoms with Gasteiger partial charge in [0.15, 0.2) is 0 Å². The van der Waals surface area contributed by atoms with Crippen molar-refractivity contribution in [2.75, 3.05) is 40.5 Å². The largest absolute Gasteiger partial charge is 0.491 e. The van der Waals surface area contributed by atoms with Crippen molar-refractivity contribution in [1.29, 1.82) is 0 Å². The van der Waals surface area contributed by atoms with Gasteiger partial charge in [0, 0.05) is 32.3 Å². The van der Waals surface area contributed by atoms with E-state index in [9.17, 15) is 5.11 Å². The summed E-state index contributed by atoms with van der Waals surface area (Å²) >= 11 is 5.84. The van der Waals surface area contributed by atoms with Crippen LogP contribution in [0.25, 0.3) is 0 Å². The lowest BCUT2D eigenvalue weighted by Gasteiger charge is -2.17. The number of rotatable bonds is 10. The van der Waals surface area contributed by atoms with Crippen LogP contribution in [0.3, 0.4) is 0 Å². The first-order valence-electron chi connectivity index (χ1n) is 6.44. The minimum atomic E-state index is -0.603. The molecule has 0 heterocycles. The van der Waals surface area contributed by atoms with Crippen molar-refractivity contribution in [3.63, 3.8) is 0 Å². The molecule has 2 atom stereocenters. The van der Waals surface area contributed by atoms with Gasteiger partial charge < -0.3 is 24.6 Å². The molecule has 1 aromatic rings. The highest BCUT2D eigenvalue weighted by Crippen LogP contribution is 2.17. The van der Waals surface area contributed by atoms with Crippen LogP contribution < -0.4 is 10.1 Å². The van der Waals surface area contributed by atoms with Crippen LogP contribution in [0.15, 0.2) is 24.3 Å². The van der Waals surface area contributed by atoms with E-state index in [0.717, 1.165) is 0 Å². The molecule has 0 aliphatic rings. The molecule has 0 saturated heterocycles. The third-order valence-corrected chi connectivity index (χ3v) is 2.91. The fourth-order valence-corrected chi connectivity index (χ4v) is 1.80. The predicted molar refractivity (Wildman–Crippen MR) is 78.5 cm³/mol. The average molecular weight is 304 g/mol. The summed E-state index contributed by atoms with van der Waals surface area (Å²) in [6.45, 7) is 1.75. The minimum Gasteiger partial charge on any atom is -0.491 e. The first-order valence-corrected chi connectivity index (χ1v) is 6.82. The van der Waals surface area contributed by atoms with E-state index in [0.29, 0.717) is 30.5 Å². The molecule has 0 aliphatic heterocycles. The van der Waals surface area contributed by atoms with E-state index < -0.39 is 6.10 Å². The number of methoxy groups -OCH3 is 2.